The molecule has 0 bridgehead atoms. The zero-order valence-electron chi connectivity index (χ0n) is 23.8. The number of aliphatic hydroxyl groups excluding tert-OH is 1. The highest BCUT2D eigenvalue weighted by molar-refractivity contribution is 6.30. The van der Waals surface area contributed by atoms with Crippen LogP contribution in [0.3, 0.4) is 0 Å². The number of benzene rings is 2. The second-order valence-corrected chi connectivity index (χ2v) is 13.5. The maximum Gasteiger partial charge on any atom is 0.338 e. The fourth-order valence-corrected chi connectivity index (χ4v) is 7.01. The van der Waals surface area contributed by atoms with E-state index in [0.29, 0.717) is 24.5 Å². The van der Waals surface area contributed by atoms with E-state index in [9.17, 15) is 9.90 Å². The molecule has 5 nitrogen and oxygen atoms in total. The molecule has 0 radical (unpaired) electrons. The van der Waals surface area contributed by atoms with E-state index in [0.717, 1.165) is 61.7 Å². The number of anilines is 1. The van der Waals surface area contributed by atoms with Gasteiger partial charge in [0.05, 0.1) is 24.0 Å². The zero-order chi connectivity index (χ0) is 28.0. The molecule has 0 saturated heterocycles. The van der Waals surface area contributed by atoms with Crippen LogP contribution in [0.4, 0.5) is 5.69 Å². The van der Waals surface area contributed by atoms with Crippen molar-refractivity contribution in [2.45, 2.75) is 83.3 Å². The lowest BCUT2D eigenvalue weighted by Crippen LogP contribution is -2.53. The van der Waals surface area contributed by atoms with E-state index in [1.165, 1.54) is 11.1 Å². The molecule has 39 heavy (non-hydrogen) atoms. The average Bonchev–Trinajstić information content (AvgIpc) is 3.02. The number of nitrogens with zero attached hydrogens (tertiary/aromatic N) is 1. The summed E-state index contributed by atoms with van der Waals surface area (Å²) in [5, 5.41) is 11.8. The Bertz CT molecular complexity index is 1250. The fraction of sp³-hybridized carbons (Fsp3) is 0.545. The largest absolute Gasteiger partial charge is 0.490 e. The van der Waals surface area contributed by atoms with Gasteiger partial charge in [0, 0.05) is 23.5 Å². The van der Waals surface area contributed by atoms with Crippen LogP contribution in [0.25, 0.3) is 0 Å². The van der Waals surface area contributed by atoms with E-state index in [1.54, 1.807) is 6.07 Å². The van der Waals surface area contributed by atoms with Crippen molar-refractivity contribution in [2.75, 3.05) is 24.6 Å². The molecule has 1 fully saturated rings. The molecule has 4 atom stereocenters. The van der Waals surface area contributed by atoms with Crippen molar-refractivity contribution in [3.63, 3.8) is 0 Å². The molecule has 1 unspecified atom stereocenters. The third-order valence-electron chi connectivity index (χ3n) is 9.23. The van der Waals surface area contributed by atoms with Gasteiger partial charge in [-0.05, 0) is 112 Å². The van der Waals surface area contributed by atoms with Crippen LogP contribution in [0.2, 0.25) is 5.02 Å². The van der Waals surface area contributed by atoms with Gasteiger partial charge in [-0.2, -0.15) is 0 Å². The Balaban J connectivity index is 1.54. The molecule has 2 aromatic rings. The standard InChI is InChI=1S/C33H42ClNO4/c1-6-8-29(36)32(5)16-14-24(32)19-35-20-33(15-7-9-22-17-25(34)11-12-26(22)33)21-38-28-13-10-23(18-27(28)35)30(37)39-31(2,3)4/h6,10-13,17-18,24,29,36H,1,7-9,14-16,19-21H2,2-5H3/t24-,29+,32+,33?/m1/s1. The topological polar surface area (TPSA) is 59.0 Å². The third-order valence-corrected chi connectivity index (χ3v) is 9.46. The molecule has 1 spiro atoms. The lowest BCUT2D eigenvalue weighted by atomic mass is 9.57. The molecule has 2 aromatic carbocycles. The number of aliphatic hydroxyl groups is 1. The number of rotatable bonds is 6. The van der Waals surface area contributed by atoms with E-state index in [-0.39, 0.29) is 16.8 Å². The van der Waals surface area contributed by atoms with Crippen molar-refractivity contribution in [1.82, 2.24) is 0 Å². The Morgan fingerprint density at radius 2 is 2.08 bits per heavy atom. The minimum absolute atomic E-state index is 0.171. The van der Waals surface area contributed by atoms with Gasteiger partial charge in [-0.15, -0.1) is 6.58 Å². The predicted molar refractivity (Wildman–Crippen MR) is 157 cm³/mol. The molecule has 2 aliphatic carbocycles. The molecule has 3 aliphatic rings. The van der Waals surface area contributed by atoms with E-state index in [1.807, 2.05) is 45.0 Å². The molecule has 0 amide bonds. The van der Waals surface area contributed by atoms with Crippen molar-refractivity contribution in [3.8, 4) is 5.75 Å². The summed E-state index contributed by atoms with van der Waals surface area (Å²) < 4.78 is 12.3. The SMILES string of the molecule is C=CC[C@H](O)[C@@]1(C)CC[C@@H]1CN1CC2(CCCc3cc(Cl)ccc32)COc2ccc(C(=O)OC(C)(C)C)cc21. The molecule has 6 heteroatoms. The first-order chi connectivity index (χ1) is 18.4. The molecule has 1 saturated carbocycles. The Kier molecular flexibility index (Phi) is 7.54. The van der Waals surface area contributed by atoms with Crippen LogP contribution < -0.4 is 9.64 Å². The summed E-state index contributed by atoms with van der Waals surface area (Å²) in [5.41, 5.74) is 3.11. The summed E-state index contributed by atoms with van der Waals surface area (Å²) in [6.45, 7) is 13.8. The number of esters is 1. The van der Waals surface area contributed by atoms with Crippen LogP contribution in [0.15, 0.2) is 49.1 Å². The number of ether oxygens (including phenoxy) is 2. The van der Waals surface area contributed by atoms with E-state index in [2.05, 4.69) is 30.5 Å². The first kappa shape index (κ1) is 28.0. The third kappa shape index (κ3) is 5.45. The minimum atomic E-state index is -0.577. The monoisotopic (exact) mass is 551 g/mol. The van der Waals surface area contributed by atoms with Crippen molar-refractivity contribution in [2.24, 2.45) is 11.3 Å². The second kappa shape index (κ2) is 10.5. The second-order valence-electron chi connectivity index (χ2n) is 13.1. The minimum Gasteiger partial charge on any atom is -0.490 e. The summed E-state index contributed by atoms with van der Waals surface area (Å²) in [5.74, 6) is 0.763. The van der Waals surface area contributed by atoms with E-state index < -0.39 is 11.7 Å². The van der Waals surface area contributed by atoms with Crippen LogP contribution in [-0.4, -0.2) is 42.5 Å². The molecule has 1 heterocycles. The Morgan fingerprint density at radius 3 is 2.77 bits per heavy atom. The molecule has 1 aliphatic heterocycles. The number of fused-ring (bicyclic) bond motifs is 3. The average molecular weight is 552 g/mol. The van der Waals surface area contributed by atoms with Gasteiger partial charge in [0.1, 0.15) is 11.4 Å². The molecule has 1 N–H and O–H groups in total. The van der Waals surface area contributed by atoms with Crippen molar-refractivity contribution < 1.29 is 19.4 Å². The number of carbonyl (C=O) groups excluding carboxylic acids is 1. The molecule has 210 valence electrons. The summed E-state index contributed by atoms with van der Waals surface area (Å²) in [7, 11) is 0. The molecule has 0 aromatic heterocycles. The van der Waals surface area contributed by atoms with Crippen molar-refractivity contribution in [1.29, 1.82) is 0 Å². The lowest BCUT2D eigenvalue weighted by molar-refractivity contribution is -0.0695. The summed E-state index contributed by atoms with van der Waals surface area (Å²) in [6.07, 6.45) is 7.14. The Hall–Kier alpha value is -2.50. The maximum atomic E-state index is 13.0. The van der Waals surface area contributed by atoms with Gasteiger partial charge in [0.25, 0.3) is 0 Å². The quantitative estimate of drug-likeness (QED) is 0.306. The van der Waals surface area contributed by atoms with Crippen LogP contribution in [0.1, 0.15) is 81.3 Å². The van der Waals surface area contributed by atoms with Gasteiger partial charge >= 0.3 is 5.97 Å². The van der Waals surface area contributed by atoms with Gasteiger partial charge < -0.3 is 19.5 Å². The highest BCUT2D eigenvalue weighted by Gasteiger charge is 2.49. The van der Waals surface area contributed by atoms with Gasteiger partial charge in [0.15, 0.2) is 0 Å². The number of hydrogen-bond acceptors (Lipinski definition) is 5. The number of hydrogen-bond donors (Lipinski definition) is 1. The fourth-order valence-electron chi connectivity index (χ4n) is 6.81. The summed E-state index contributed by atoms with van der Waals surface area (Å²) in [4.78, 5) is 15.5. The molecular weight excluding hydrogens is 510 g/mol. The van der Waals surface area contributed by atoms with E-state index >= 15 is 0 Å². The number of aryl methyl sites for hydroxylation is 1. The summed E-state index contributed by atoms with van der Waals surface area (Å²) in [6, 6.07) is 11.9. The zero-order valence-corrected chi connectivity index (χ0v) is 24.5. The molecule has 5 rings (SSSR count). The Labute approximate surface area is 238 Å². The first-order valence-corrected chi connectivity index (χ1v) is 14.6. The summed E-state index contributed by atoms with van der Waals surface area (Å²) >= 11 is 6.40. The first-order valence-electron chi connectivity index (χ1n) is 14.3. The van der Waals surface area contributed by atoms with Crippen molar-refractivity contribution >= 4 is 23.3 Å². The highest BCUT2D eigenvalue weighted by Crippen LogP contribution is 2.52. The highest BCUT2D eigenvalue weighted by atomic mass is 35.5. The Morgan fingerprint density at radius 1 is 1.28 bits per heavy atom. The van der Waals surface area contributed by atoms with Crippen LogP contribution in [0, 0.1) is 11.3 Å². The van der Waals surface area contributed by atoms with Crippen molar-refractivity contribution in [3.05, 3.63) is 70.8 Å². The van der Waals surface area contributed by atoms with Crippen LogP contribution >= 0.6 is 11.6 Å². The normalized spacial score (nSPS) is 26.9. The van der Waals surface area contributed by atoms with E-state index in [4.69, 9.17) is 21.1 Å². The lowest BCUT2D eigenvalue weighted by Gasteiger charge is -2.52. The van der Waals surface area contributed by atoms with Gasteiger partial charge in [0.2, 0.25) is 0 Å². The predicted octanol–water partition coefficient (Wildman–Crippen LogP) is 7.12. The number of carbonyl (C=O) groups is 1. The van der Waals surface area contributed by atoms with Gasteiger partial charge in [-0.1, -0.05) is 30.7 Å². The number of halogens is 1. The maximum absolute atomic E-state index is 13.0. The van der Waals surface area contributed by atoms with Crippen LogP contribution in [0.5, 0.6) is 5.75 Å². The van der Waals surface area contributed by atoms with Crippen LogP contribution in [-0.2, 0) is 16.6 Å². The smallest absolute Gasteiger partial charge is 0.338 e. The van der Waals surface area contributed by atoms with Gasteiger partial charge in [-0.3, -0.25) is 0 Å². The van der Waals surface area contributed by atoms with Gasteiger partial charge in [-0.25, -0.2) is 4.79 Å². The molecular formula is C33H42ClNO4.